The molecule has 0 amide bonds. The molecule has 0 radical (unpaired) electrons. The van der Waals surface area contributed by atoms with Crippen molar-refractivity contribution >= 4 is 0 Å². The molecule has 0 unspecified atom stereocenters. The molecule has 0 aromatic carbocycles. The monoisotopic (exact) mass is 269 g/mol. The second kappa shape index (κ2) is 8.93. The fraction of sp³-hybridized carbons (Fsp3) is 1.00. The van der Waals surface area contributed by atoms with Crippen molar-refractivity contribution in [1.29, 1.82) is 0 Å². The largest absolute Gasteiger partial charge is 0.319 e. The van der Waals surface area contributed by atoms with Crippen molar-refractivity contribution in [3.8, 4) is 0 Å². The van der Waals surface area contributed by atoms with Crippen LogP contribution in [0.1, 0.15) is 45.4 Å². The maximum atomic E-state index is 3.45. The van der Waals surface area contributed by atoms with Gasteiger partial charge in [0.2, 0.25) is 0 Å². The first-order chi connectivity index (χ1) is 9.12. The maximum absolute atomic E-state index is 3.45. The first-order valence-corrected chi connectivity index (χ1v) is 8.13. The molecular formula is C16H35N3. The Balaban J connectivity index is 2.45. The van der Waals surface area contributed by atoms with E-state index in [0.717, 1.165) is 0 Å². The van der Waals surface area contributed by atoms with Crippen molar-refractivity contribution in [3.05, 3.63) is 0 Å². The molecule has 19 heavy (non-hydrogen) atoms. The van der Waals surface area contributed by atoms with E-state index in [-0.39, 0.29) is 0 Å². The smallest absolute Gasteiger partial charge is 0.00500 e. The van der Waals surface area contributed by atoms with Crippen LogP contribution in [0.25, 0.3) is 0 Å². The topological polar surface area (TPSA) is 18.5 Å². The molecule has 1 rings (SSSR count). The van der Waals surface area contributed by atoms with E-state index in [2.05, 4.69) is 43.2 Å². The Morgan fingerprint density at radius 1 is 1.05 bits per heavy atom. The highest BCUT2D eigenvalue weighted by atomic mass is 15.1. The Kier molecular flexibility index (Phi) is 7.96. The van der Waals surface area contributed by atoms with Crippen LogP contribution in [0.15, 0.2) is 0 Å². The summed E-state index contributed by atoms with van der Waals surface area (Å²) in [6.07, 6.45) is 8.42. The van der Waals surface area contributed by atoms with E-state index in [1.54, 1.807) is 0 Å². The van der Waals surface area contributed by atoms with E-state index >= 15 is 0 Å². The highest BCUT2D eigenvalue weighted by Gasteiger charge is 2.32. The average molecular weight is 269 g/mol. The van der Waals surface area contributed by atoms with E-state index in [1.807, 2.05) is 0 Å². The lowest BCUT2D eigenvalue weighted by Gasteiger charge is -2.41. The van der Waals surface area contributed by atoms with Crippen molar-refractivity contribution < 1.29 is 0 Å². The van der Waals surface area contributed by atoms with Gasteiger partial charge in [0.1, 0.15) is 0 Å². The van der Waals surface area contributed by atoms with Crippen LogP contribution in [0.2, 0.25) is 0 Å². The van der Waals surface area contributed by atoms with Crippen LogP contribution in [0.5, 0.6) is 0 Å². The van der Waals surface area contributed by atoms with Crippen LogP contribution in [0.4, 0.5) is 0 Å². The van der Waals surface area contributed by atoms with E-state index in [1.165, 1.54) is 71.2 Å². The van der Waals surface area contributed by atoms with Gasteiger partial charge >= 0.3 is 0 Å². The van der Waals surface area contributed by atoms with Gasteiger partial charge in [0.15, 0.2) is 0 Å². The molecule has 0 spiro atoms. The molecule has 1 aliphatic rings. The van der Waals surface area contributed by atoms with Crippen molar-refractivity contribution in [2.75, 3.05) is 53.9 Å². The molecule has 0 atom stereocenters. The minimum Gasteiger partial charge on any atom is -0.319 e. The van der Waals surface area contributed by atoms with Crippen molar-refractivity contribution in [1.82, 2.24) is 15.1 Å². The third-order valence-electron chi connectivity index (χ3n) is 4.55. The lowest BCUT2D eigenvalue weighted by atomic mass is 9.73. The number of rotatable bonds is 9. The van der Waals surface area contributed by atoms with Crippen molar-refractivity contribution in [2.45, 2.75) is 45.4 Å². The van der Waals surface area contributed by atoms with Gasteiger partial charge in [-0.15, -0.1) is 0 Å². The summed E-state index contributed by atoms with van der Waals surface area (Å²) in [6.45, 7) is 8.44. The fourth-order valence-electron chi connectivity index (χ4n) is 3.50. The summed E-state index contributed by atoms with van der Waals surface area (Å²) in [7, 11) is 6.44. The quantitative estimate of drug-likeness (QED) is 0.693. The molecule has 3 heteroatoms. The minimum absolute atomic E-state index is 0.543. The van der Waals surface area contributed by atoms with Crippen LogP contribution in [-0.4, -0.2) is 63.7 Å². The molecule has 0 aliphatic heterocycles. The Morgan fingerprint density at radius 2 is 1.74 bits per heavy atom. The molecule has 3 nitrogen and oxygen atoms in total. The zero-order valence-corrected chi connectivity index (χ0v) is 13.7. The van der Waals surface area contributed by atoms with Gasteiger partial charge in [-0.25, -0.2) is 0 Å². The van der Waals surface area contributed by atoms with Gasteiger partial charge in [-0.2, -0.15) is 0 Å². The zero-order valence-electron chi connectivity index (χ0n) is 13.7. The van der Waals surface area contributed by atoms with Gasteiger partial charge in [0.25, 0.3) is 0 Å². The molecule has 1 N–H and O–H groups in total. The standard InChI is InChI=1S/C16H35N3/c1-5-19(13-9-12-18(3)4)15-16(14-17-2)10-7-6-8-11-16/h17H,5-15H2,1-4H3. The first kappa shape index (κ1) is 16.9. The van der Waals surface area contributed by atoms with E-state index in [0.29, 0.717) is 5.41 Å². The summed E-state index contributed by atoms with van der Waals surface area (Å²) in [6, 6.07) is 0. The SMILES string of the molecule is CCN(CCCN(C)C)CC1(CNC)CCCCC1. The molecule has 0 heterocycles. The summed E-state index contributed by atoms with van der Waals surface area (Å²) in [4.78, 5) is 4.96. The summed E-state index contributed by atoms with van der Waals surface area (Å²) in [5, 5.41) is 3.45. The Hall–Kier alpha value is -0.120. The second-order valence-electron chi connectivity index (χ2n) is 6.62. The van der Waals surface area contributed by atoms with Gasteiger partial charge < -0.3 is 15.1 Å². The number of nitrogens with one attached hydrogen (secondary N) is 1. The van der Waals surface area contributed by atoms with Crippen LogP contribution >= 0.6 is 0 Å². The third kappa shape index (κ3) is 6.24. The van der Waals surface area contributed by atoms with E-state index in [9.17, 15) is 0 Å². The van der Waals surface area contributed by atoms with Gasteiger partial charge in [0.05, 0.1) is 0 Å². The maximum Gasteiger partial charge on any atom is 0.00500 e. The predicted octanol–water partition coefficient (Wildman–Crippen LogP) is 2.43. The lowest BCUT2D eigenvalue weighted by molar-refractivity contribution is 0.105. The normalized spacial score (nSPS) is 19.3. The highest BCUT2D eigenvalue weighted by Crippen LogP contribution is 2.36. The predicted molar refractivity (Wildman–Crippen MR) is 84.7 cm³/mol. The Labute approximate surface area is 120 Å². The van der Waals surface area contributed by atoms with Crippen LogP contribution < -0.4 is 5.32 Å². The summed E-state index contributed by atoms with van der Waals surface area (Å²) >= 11 is 0. The van der Waals surface area contributed by atoms with Crippen LogP contribution in [-0.2, 0) is 0 Å². The lowest BCUT2D eigenvalue weighted by Crippen LogP contribution is -2.45. The van der Waals surface area contributed by atoms with Gasteiger partial charge in [-0.05, 0) is 65.5 Å². The average Bonchev–Trinajstić information content (AvgIpc) is 2.38. The third-order valence-corrected chi connectivity index (χ3v) is 4.55. The molecule has 1 saturated carbocycles. The zero-order chi connectivity index (χ0) is 14.1. The van der Waals surface area contributed by atoms with Crippen molar-refractivity contribution in [3.63, 3.8) is 0 Å². The summed E-state index contributed by atoms with van der Waals surface area (Å²) in [5.74, 6) is 0. The van der Waals surface area contributed by atoms with E-state index in [4.69, 9.17) is 0 Å². The molecule has 0 aromatic heterocycles. The fourth-order valence-corrected chi connectivity index (χ4v) is 3.50. The Morgan fingerprint density at radius 3 is 2.26 bits per heavy atom. The number of hydrogen-bond acceptors (Lipinski definition) is 3. The van der Waals surface area contributed by atoms with Gasteiger partial charge in [-0.3, -0.25) is 0 Å². The van der Waals surface area contributed by atoms with Gasteiger partial charge in [0, 0.05) is 13.1 Å². The number of hydrogen-bond donors (Lipinski definition) is 1. The number of nitrogens with zero attached hydrogens (tertiary/aromatic N) is 2. The highest BCUT2D eigenvalue weighted by molar-refractivity contribution is 4.87. The molecule has 114 valence electrons. The van der Waals surface area contributed by atoms with Crippen LogP contribution in [0, 0.1) is 5.41 Å². The van der Waals surface area contributed by atoms with E-state index < -0.39 is 0 Å². The second-order valence-corrected chi connectivity index (χ2v) is 6.62. The molecule has 0 aromatic rings. The Bertz CT molecular complexity index is 217. The minimum atomic E-state index is 0.543. The first-order valence-electron chi connectivity index (χ1n) is 8.13. The molecule has 0 saturated heterocycles. The van der Waals surface area contributed by atoms with Crippen LogP contribution in [0.3, 0.4) is 0 Å². The molecular weight excluding hydrogens is 234 g/mol. The molecule has 0 bridgehead atoms. The summed E-state index contributed by atoms with van der Waals surface area (Å²) in [5.41, 5.74) is 0.543. The van der Waals surface area contributed by atoms with Crippen molar-refractivity contribution in [2.24, 2.45) is 5.41 Å². The molecule has 1 fully saturated rings. The summed E-state index contributed by atoms with van der Waals surface area (Å²) < 4.78 is 0. The molecule has 1 aliphatic carbocycles. The van der Waals surface area contributed by atoms with Gasteiger partial charge in [-0.1, -0.05) is 26.2 Å².